The van der Waals surface area contributed by atoms with E-state index in [1.165, 1.54) is 23.5 Å². The summed E-state index contributed by atoms with van der Waals surface area (Å²) in [7, 11) is 0. The van der Waals surface area contributed by atoms with Crippen molar-refractivity contribution in [2.75, 3.05) is 0 Å². The summed E-state index contributed by atoms with van der Waals surface area (Å²) in [5.74, 6) is 0.114. The Morgan fingerprint density at radius 1 is 1.56 bits per heavy atom. The topological polar surface area (TPSA) is 51.3 Å². The molecule has 6 heteroatoms. The van der Waals surface area contributed by atoms with Gasteiger partial charge in [0.1, 0.15) is 5.82 Å². The van der Waals surface area contributed by atoms with Crippen molar-refractivity contribution >= 4 is 33.1 Å². The first-order valence-corrected chi connectivity index (χ1v) is 6.93. The van der Waals surface area contributed by atoms with E-state index in [1.807, 2.05) is 12.3 Å². The zero-order valence-electron chi connectivity index (χ0n) is 9.60. The Balaban J connectivity index is 2.26. The van der Waals surface area contributed by atoms with Crippen LogP contribution in [-0.2, 0) is 0 Å². The zero-order valence-corrected chi connectivity index (χ0v) is 12.0. The molecule has 0 bridgehead atoms. The first-order valence-electron chi connectivity index (χ1n) is 5.26. The summed E-state index contributed by atoms with van der Waals surface area (Å²) in [5.41, 5.74) is 6.75. The molecule has 1 heterocycles. The number of rotatable bonds is 3. The molecule has 0 radical (unpaired) electrons. The molecule has 2 aromatic rings. The summed E-state index contributed by atoms with van der Waals surface area (Å²) in [4.78, 5) is 8.46. The van der Waals surface area contributed by atoms with Crippen molar-refractivity contribution in [2.24, 2.45) is 10.7 Å². The minimum Gasteiger partial charge on any atom is -0.381 e. The Labute approximate surface area is 117 Å². The van der Waals surface area contributed by atoms with E-state index in [0.29, 0.717) is 15.3 Å². The van der Waals surface area contributed by atoms with Crippen LogP contribution >= 0.6 is 27.3 Å². The molecular formula is C12H11BrFN3S. The van der Waals surface area contributed by atoms with E-state index in [2.05, 4.69) is 25.9 Å². The fourth-order valence-electron chi connectivity index (χ4n) is 1.52. The maximum absolute atomic E-state index is 13.0. The highest BCUT2D eigenvalue weighted by molar-refractivity contribution is 9.10. The third-order valence-electron chi connectivity index (χ3n) is 2.40. The number of benzene rings is 1. The van der Waals surface area contributed by atoms with Gasteiger partial charge in [-0.1, -0.05) is 22.0 Å². The monoisotopic (exact) mass is 327 g/mol. The molecule has 2 N–H and O–H groups in total. The van der Waals surface area contributed by atoms with Crippen LogP contribution in [0.5, 0.6) is 0 Å². The average Bonchev–Trinajstić information content (AvgIpc) is 2.81. The number of hydrogen-bond donors (Lipinski definition) is 1. The van der Waals surface area contributed by atoms with Gasteiger partial charge in [-0.3, -0.25) is 4.99 Å². The predicted molar refractivity (Wildman–Crippen MR) is 75.4 cm³/mol. The molecule has 0 unspecified atom stereocenters. The Bertz CT molecular complexity index is 569. The SMILES string of the molecule is C[C@H](/N=C(\N)c1nccs1)c1ccc(F)cc1Br. The average molecular weight is 328 g/mol. The summed E-state index contributed by atoms with van der Waals surface area (Å²) in [6.07, 6.45) is 1.68. The zero-order chi connectivity index (χ0) is 13.1. The van der Waals surface area contributed by atoms with Gasteiger partial charge in [0.25, 0.3) is 0 Å². The lowest BCUT2D eigenvalue weighted by Crippen LogP contribution is -2.14. The Hall–Kier alpha value is -1.27. The second kappa shape index (κ2) is 5.58. The smallest absolute Gasteiger partial charge is 0.157 e. The van der Waals surface area contributed by atoms with Crippen LogP contribution in [0, 0.1) is 5.82 Å². The highest BCUT2D eigenvalue weighted by Crippen LogP contribution is 2.26. The van der Waals surface area contributed by atoms with Crippen molar-refractivity contribution < 1.29 is 4.39 Å². The molecule has 0 spiro atoms. The second-order valence-electron chi connectivity index (χ2n) is 3.69. The third kappa shape index (κ3) is 2.94. The molecule has 1 atom stereocenters. The van der Waals surface area contributed by atoms with Crippen molar-refractivity contribution in [3.8, 4) is 0 Å². The van der Waals surface area contributed by atoms with Gasteiger partial charge < -0.3 is 5.73 Å². The van der Waals surface area contributed by atoms with Crippen LogP contribution < -0.4 is 5.73 Å². The Kier molecular flexibility index (Phi) is 4.08. The second-order valence-corrected chi connectivity index (χ2v) is 5.44. The van der Waals surface area contributed by atoms with Crippen LogP contribution in [-0.4, -0.2) is 10.8 Å². The quantitative estimate of drug-likeness (QED) is 0.692. The van der Waals surface area contributed by atoms with E-state index < -0.39 is 0 Å². The predicted octanol–water partition coefficient (Wildman–Crippen LogP) is 3.51. The van der Waals surface area contributed by atoms with Crippen LogP contribution in [0.3, 0.4) is 0 Å². The lowest BCUT2D eigenvalue weighted by atomic mass is 10.1. The Morgan fingerprint density at radius 2 is 2.33 bits per heavy atom. The molecule has 0 aliphatic carbocycles. The number of aromatic nitrogens is 1. The van der Waals surface area contributed by atoms with E-state index in [1.54, 1.807) is 12.3 Å². The maximum atomic E-state index is 13.0. The van der Waals surface area contributed by atoms with Crippen LogP contribution in [0.25, 0.3) is 0 Å². The highest BCUT2D eigenvalue weighted by atomic mass is 79.9. The number of aliphatic imine (C=N–C) groups is 1. The molecule has 0 saturated carbocycles. The van der Waals surface area contributed by atoms with Crippen molar-refractivity contribution in [1.29, 1.82) is 0 Å². The molecule has 3 nitrogen and oxygen atoms in total. The number of amidine groups is 1. The van der Waals surface area contributed by atoms with Gasteiger partial charge in [-0.05, 0) is 24.6 Å². The molecule has 0 aliphatic heterocycles. The lowest BCUT2D eigenvalue weighted by Gasteiger charge is -2.10. The largest absolute Gasteiger partial charge is 0.381 e. The standard InChI is InChI=1S/C12H11BrFN3S/c1-7(9-3-2-8(14)6-10(9)13)17-11(15)12-16-4-5-18-12/h2-7H,1H3,(H2,15,17)/t7-/m0/s1. The Morgan fingerprint density at radius 3 is 2.94 bits per heavy atom. The van der Waals surface area contributed by atoms with Crippen LogP contribution in [0.4, 0.5) is 4.39 Å². The summed E-state index contributed by atoms with van der Waals surface area (Å²) >= 11 is 4.76. The number of thiazole rings is 1. The van der Waals surface area contributed by atoms with Gasteiger partial charge in [-0.2, -0.15) is 0 Å². The number of nitrogens with two attached hydrogens (primary N) is 1. The molecule has 0 saturated heterocycles. The van der Waals surface area contributed by atoms with Gasteiger partial charge in [0.15, 0.2) is 10.8 Å². The fraction of sp³-hybridized carbons (Fsp3) is 0.167. The first kappa shape index (κ1) is 13.2. The van der Waals surface area contributed by atoms with E-state index in [9.17, 15) is 4.39 Å². The fourth-order valence-corrected chi connectivity index (χ4v) is 2.75. The molecule has 94 valence electrons. The van der Waals surface area contributed by atoms with E-state index >= 15 is 0 Å². The van der Waals surface area contributed by atoms with Crippen molar-refractivity contribution in [3.63, 3.8) is 0 Å². The van der Waals surface area contributed by atoms with Crippen LogP contribution in [0.15, 0.2) is 39.2 Å². The van der Waals surface area contributed by atoms with Gasteiger partial charge in [0, 0.05) is 16.0 Å². The first-order chi connectivity index (χ1) is 8.58. The van der Waals surface area contributed by atoms with Crippen LogP contribution in [0.2, 0.25) is 0 Å². The van der Waals surface area contributed by atoms with Crippen molar-refractivity contribution in [3.05, 3.63) is 50.6 Å². The van der Waals surface area contributed by atoms with E-state index in [-0.39, 0.29) is 11.9 Å². The van der Waals surface area contributed by atoms with Crippen LogP contribution in [0.1, 0.15) is 23.5 Å². The maximum Gasteiger partial charge on any atom is 0.157 e. The summed E-state index contributed by atoms with van der Waals surface area (Å²) < 4.78 is 13.7. The molecule has 18 heavy (non-hydrogen) atoms. The molecule has 1 aromatic heterocycles. The molecule has 0 aliphatic rings. The van der Waals surface area contributed by atoms with Gasteiger partial charge in [0.05, 0.1) is 6.04 Å². The molecule has 0 amide bonds. The van der Waals surface area contributed by atoms with Crippen molar-refractivity contribution in [1.82, 2.24) is 4.98 Å². The molecule has 0 fully saturated rings. The van der Waals surface area contributed by atoms with Gasteiger partial charge in [-0.25, -0.2) is 9.37 Å². The lowest BCUT2D eigenvalue weighted by molar-refractivity contribution is 0.624. The molecule has 2 rings (SSSR count). The minimum atomic E-state index is -0.283. The van der Waals surface area contributed by atoms with E-state index in [4.69, 9.17) is 5.73 Å². The third-order valence-corrected chi connectivity index (χ3v) is 3.88. The molecule has 1 aromatic carbocycles. The normalized spacial score (nSPS) is 13.6. The highest BCUT2D eigenvalue weighted by Gasteiger charge is 2.11. The van der Waals surface area contributed by atoms with Gasteiger partial charge in [0.2, 0.25) is 0 Å². The molecular weight excluding hydrogens is 317 g/mol. The minimum absolute atomic E-state index is 0.163. The van der Waals surface area contributed by atoms with E-state index in [0.717, 1.165) is 5.56 Å². The number of halogens is 2. The summed E-state index contributed by atoms with van der Waals surface area (Å²) in [5, 5.41) is 2.54. The summed E-state index contributed by atoms with van der Waals surface area (Å²) in [6.45, 7) is 1.90. The number of hydrogen-bond acceptors (Lipinski definition) is 3. The van der Waals surface area contributed by atoms with Crippen molar-refractivity contribution in [2.45, 2.75) is 13.0 Å². The van der Waals surface area contributed by atoms with Gasteiger partial charge >= 0.3 is 0 Å². The van der Waals surface area contributed by atoms with Gasteiger partial charge in [-0.15, -0.1) is 11.3 Å². The number of nitrogens with zero attached hydrogens (tertiary/aromatic N) is 2. The summed E-state index contributed by atoms with van der Waals surface area (Å²) in [6, 6.07) is 4.36.